The largest absolute Gasteiger partial charge is 0.345 e. The third-order valence-corrected chi connectivity index (χ3v) is 5.77. The Morgan fingerprint density at radius 1 is 1.47 bits per heavy atom. The molecular formula is C13H18N2O3S. The molecule has 19 heavy (non-hydrogen) atoms. The second kappa shape index (κ2) is 4.10. The fourth-order valence-corrected chi connectivity index (χ4v) is 4.80. The highest BCUT2D eigenvalue weighted by molar-refractivity contribution is 7.91. The molecule has 104 valence electrons. The Hall–Kier alpha value is -1.30. The van der Waals surface area contributed by atoms with Gasteiger partial charge in [0.05, 0.1) is 17.0 Å². The van der Waals surface area contributed by atoms with Crippen LogP contribution in [0.15, 0.2) is 18.3 Å². The second-order valence-electron chi connectivity index (χ2n) is 5.89. The predicted octanol–water partition coefficient (Wildman–Crippen LogP) is 1.13. The first-order valence-corrected chi connectivity index (χ1v) is 8.41. The molecule has 6 heteroatoms. The summed E-state index contributed by atoms with van der Waals surface area (Å²) in [5, 5.41) is 2.90. The fourth-order valence-electron chi connectivity index (χ4n) is 2.70. The van der Waals surface area contributed by atoms with E-state index in [1.54, 1.807) is 13.0 Å². The lowest BCUT2D eigenvalue weighted by atomic mass is 10.0. The number of amides is 1. The lowest BCUT2D eigenvalue weighted by molar-refractivity contribution is 0.0905. The van der Waals surface area contributed by atoms with E-state index >= 15 is 0 Å². The van der Waals surface area contributed by atoms with Gasteiger partial charge in [-0.05, 0) is 38.3 Å². The number of hydrogen-bond donors (Lipinski definition) is 1. The minimum atomic E-state index is -3.00. The van der Waals surface area contributed by atoms with Crippen LogP contribution in [0.2, 0.25) is 0 Å². The molecule has 1 aliphatic carbocycles. The summed E-state index contributed by atoms with van der Waals surface area (Å²) in [5.74, 6) is 0.0278. The third-order valence-electron chi connectivity index (χ3n) is 3.87. The van der Waals surface area contributed by atoms with Crippen LogP contribution in [0.3, 0.4) is 0 Å². The molecule has 0 aromatic carbocycles. The first-order valence-electron chi connectivity index (χ1n) is 6.58. The highest BCUT2D eigenvalue weighted by Gasteiger charge is 2.40. The first-order chi connectivity index (χ1) is 8.89. The number of carbonyl (C=O) groups excluding carboxylic acids is 1. The van der Waals surface area contributed by atoms with Crippen molar-refractivity contribution in [1.82, 2.24) is 9.88 Å². The topological polar surface area (TPSA) is 68.2 Å². The monoisotopic (exact) mass is 282 g/mol. The van der Waals surface area contributed by atoms with Gasteiger partial charge >= 0.3 is 0 Å². The van der Waals surface area contributed by atoms with E-state index in [0.717, 1.165) is 12.8 Å². The van der Waals surface area contributed by atoms with E-state index in [2.05, 4.69) is 5.32 Å². The van der Waals surface area contributed by atoms with E-state index in [4.69, 9.17) is 0 Å². The number of nitrogens with one attached hydrogen (secondary N) is 1. The Balaban J connectivity index is 1.76. The summed E-state index contributed by atoms with van der Waals surface area (Å²) in [7, 11) is -3.00. The van der Waals surface area contributed by atoms with Gasteiger partial charge in [-0.2, -0.15) is 0 Å². The van der Waals surface area contributed by atoms with Crippen LogP contribution in [-0.2, 0) is 9.84 Å². The van der Waals surface area contributed by atoms with E-state index in [9.17, 15) is 13.2 Å². The molecule has 2 fully saturated rings. The highest BCUT2D eigenvalue weighted by Crippen LogP contribution is 2.36. The molecule has 3 rings (SSSR count). The minimum absolute atomic E-state index is 0.0376. The highest BCUT2D eigenvalue weighted by atomic mass is 32.2. The van der Waals surface area contributed by atoms with Crippen molar-refractivity contribution in [3.63, 3.8) is 0 Å². The zero-order valence-electron chi connectivity index (χ0n) is 10.9. The number of rotatable bonds is 3. The predicted molar refractivity (Wildman–Crippen MR) is 71.8 cm³/mol. The van der Waals surface area contributed by atoms with Gasteiger partial charge in [0.2, 0.25) is 0 Å². The van der Waals surface area contributed by atoms with E-state index in [1.165, 1.54) is 0 Å². The van der Waals surface area contributed by atoms with Crippen LogP contribution in [0, 0.1) is 0 Å². The number of nitrogens with zero attached hydrogens (tertiary/aromatic N) is 1. The zero-order chi connectivity index (χ0) is 13.7. The van der Waals surface area contributed by atoms with Gasteiger partial charge in [-0.15, -0.1) is 0 Å². The maximum absolute atomic E-state index is 12.3. The van der Waals surface area contributed by atoms with Gasteiger partial charge in [0.1, 0.15) is 5.69 Å². The Kier molecular flexibility index (Phi) is 2.74. The molecule has 0 radical (unpaired) electrons. The minimum Gasteiger partial charge on any atom is -0.345 e. The number of aromatic nitrogens is 1. The van der Waals surface area contributed by atoms with Crippen molar-refractivity contribution >= 4 is 15.7 Å². The number of hydrogen-bond acceptors (Lipinski definition) is 3. The molecule has 2 heterocycles. The third kappa shape index (κ3) is 2.54. The summed E-state index contributed by atoms with van der Waals surface area (Å²) in [6.45, 7) is 1.81. The summed E-state index contributed by atoms with van der Waals surface area (Å²) in [6, 6.07) is 4.09. The Bertz CT molecular complexity index is 616. The van der Waals surface area contributed by atoms with Crippen molar-refractivity contribution in [2.24, 2.45) is 0 Å². The van der Waals surface area contributed by atoms with Gasteiger partial charge in [0, 0.05) is 12.2 Å². The van der Waals surface area contributed by atoms with Crippen molar-refractivity contribution in [3.8, 4) is 0 Å². The summed E-state index contributed by atoms with van der Waals surface area (Å²) in [5.41, 5.74) is 0.00204. The van der Waals surface area contributed by atoms with Crippen molar-refractivity contribution in [2.45, 2.75) is 37.8 Å². The molecule has 1 saturated carbocycles. The van der Waals surface area contributed by atoms with Gasteiger partial charge in [0.25, 0.3) is 5.91 Å². The molecule has 5 nitrogen and oxygen atoms in total. The van der Waals surface area contributed by atoms with E-state index < -0.39 is 15.4 Å². The van der Waals surface area contributed by atoms with Crippen molar-refractivity contribution < 1.29 is 13.2 Å². The van der Waals surface area contributed by atoms with Gasteiger partial charge in [-0.3, -0.25) is 4.79 Å². The molecule has 1 aromatic rings. The standard InChI is InChI=1S/C13H18N2O3S/c1-13(6-8-19(17,18)9-13)14-12(16)11-3-2-7-15(11)10-4-5-10/h2-3,7,10H,4-6,8-9H2,1H3,(H,14,16)/t13-/m0/s1. The van der Waals surface area contributed by atoms with Crippen LogP contribution < -0.4 is 5.32 Å². The van der Waals surface area contributed by atoms with Crippen molar-refractivity contribution in [2.75, 3.05) is 11.5 Å². The Labute approximate surface area is 112 Å². The molecule has 1 aliphatic heterocycles. The molecule has 1 atom stereocenters. The van der Waals surface area contributed by atoms with E-state index in [0.29, 0.717) is 18.2 Å². The quantitative estimate of drug-likeness (QED) is 0.903. The Morgan fingerprint density at radius 2 is 2.21 bits per heavy atom. The summed E-state index contributed by atoms with van der Waals surface area (Å²) in [4.78, 5) is 12.3. The van der Waals surface area contributed by atoms with Crippen LogP contribution in [0.4, 0.5) is 0 Å². The maximum atomic E-state index is 12.3. The molecule has 0 bridgehead atoms. The summed E-state index contributed by atoms with van der Waals surface area (Å²) < 4.78 is 25.1. The molecular weight excluding hydrogens is 264 g/mol. The van der Waals surface area contributed by atoms with Crippen LogP contribution in [0.25, 0.3) is 0 Å². The van der Waals surface area contributed by atoms with Crippen LogP contribution in [-0.4, -0.2) is 35.9 Å². The van der Waals surface area contributed by atoms with Gasteiger partial charge in [0.15, 0.2) is 9.84 Å². The molecule has 1 amide bonds. The lowest BCUT2D eigenvalue weighted by Gasteiger charge is -2.24. The average Bonchev–Trinajstić information content (AvgIpc) is 2.96. The van der Waals surface area contributed by atoms with Crippen molar-refractivity contribution in [1.29, 1.82) is 0 Å². The SMILES string of the molecule is C[C@]1(NC(=O)c2cccn2C2CC2)CCS(=O)(=O)C1. The van der Waals surface area contributed by atoms with Gasteiger partial charge < -0.3 is 9.88 Å². The maximum Gasteiger partial charge on any atom is 0.268 e. The summed E-state index contributed by atoms with van der Waals surface area (Å²) in [6.07, 6.45) is 4.63. The number of carbonyl (C=O) groups is 1. The lowest BCUT2D eigenvalue weighted by Crippen LogP contribution is -2.47. The van der Waals surface area contributed by atoms with E-state index in [1.807, 2.05) is 16.8 Å². The average molecular weight is 282 g/mol. The van der Waals surface area contributed by atoms with Gasteiger partial charge in [-0.1, -0.05) is 0 Å². The van der Waals surface area contributed by atoms with Crippen LogP contribution in [0.5, 0.6) is 0 Å². The molecule has 1 aromatic heterocycles. The van der Waals surface area contributed by atoms with Crippen LogP contribution in [0.1, 0.15) is 42.7 Å². The molecule has 0 unspecified atom stereocenters. The fraction of sp³-hybridized carbons (Fsp3) is 0.615. The summed E-state index contributed by atoms with van der Waals surface area (Å²) >= 11 is 0. The second-order valence-corrected chi connectivity index (χ2v) is 8.07. The van der Waals surface area contributed by atoms with E-state index in [-0.39, 0.29) is 17.4 Å². The Morgan fingerprint density at radius 3 is 2.79 bits per heavy atom. The smallest absolute Gasteiger partial charge is 0.268 e. The van der Waals surface area contributed by atoms with Crippen molar-refractivity contribution in [3.05, 3.63) is 24.0 Å². The zero-order valence-corrected chi connectivity index (χ0v) is 11.7. The van der Waals surface area contributed by atoms with Gasteiger partial charge in [-0.25, -0.2) is 8.42 Å². The molecule has 2 aliphatic rings. The first kappa shape index (κ1) is 12.7. The molecule has 0 spiro atoms. The normalized spacial score (nSPS) is 29.3. The molecule has 1 saturated heterocycles. The number of sulfone groups is 1. The molecule has 1 N–H and O–H groups in total. The van der Waals surface area contributed by atoms with Crippen LogP contribution >= 0.6 is 0 Å².